The van der Waals surface area contributed by atoms with Gasteiger partial charge in [-0.2, -0.15) is 0 Å². The molecule has 0 amide bonds. The molecule has 0 aromatic heterocycles. The molecule has 0 bridgehead atoms. The number of hydrogen-bond acceptors (Lipinski definition) is 4. The Hall–Kier alpha value is -2.23. The largest absolute Gasteiger partial charge is 0.507 e. The Morgan fingerprint density at radius 3 is 2.48 bits per heavy atom. The molecule has 2 N–H and O–H groups in total. The van der Waals surface area contributed by atoms with E-state index in [1.54, 1.807) is 0 Å². The van der Waals surface area contributed by atoms with Gasteiger partial charge in [0.05, 0.1) is 13.5 Å². The smallest absolute Gasteiger partial charge is 0.309 e. The predicted molar refractivity (Wildman–Crippen MR) is 89.5 cm³/mol. The Kier molecular flexibility index (Phi) is 5.14. The highest BCUT2D eigenvalue weighted by atomic mass is 16.5. The number of carbonyl (C=O) groups excluding carboxylic acids is 1. The van der Waals surface area contributed by atoms with Crippen molar-refractivity contribution in [2.45, 2.75) is 39.0 Å². The normalized spacial score (nSPS) is 20.7. The van der Waals surface area contributed by atoms with Gasteiger partial charge in [0.2, 0.25) is 0 Å². The Morgan fingerprint density at radius 2 is 1.96 bits per heavy atom. The summed E-state index contributed by atoms with van der Waals surface area (Å²) < 4.78 is 4.62. The zero-order chi connectivity index (χ0) is 17.1. The molecule has 1 aliphatic rings. The van der Waals surface area contributed by atoms with E-state index in [-0.39, 0.29) is 29.8 Å². The van der Waals surface area contributed by atoms with Crippen LogP contribution in [-0.2, 0) is 16.0 Å². The van der Waals surface area contributed by atoms with E-state index in [0.717, 1.165) is 18.4 Å². The number of phenolic OH excluding ortho intramolecular Hbond substituents is 2. The monoisotopic (exact) mass is 316 g/mol. The van der Waals surface area contributed by atoms with E-state index in [0.29, 0.717) is 11.1 Å². The molecule has 0 aliphatic heterocycles. The number of ether oxygens (including phenoxy) is 1. The molecule has 0 fully saturated rings. The van der Waals surface area contributed by atoms with Crippen LogP contribution in [0.2, 0.25) is 0 Å². The van der Waals surface area contributed by atoms with Gasteiger partial charge in [0.15, 0.2) is 0 Å². The van der Waals surface area contributed by atoms with Crippen molar-refractivity contribution in [3.05, 3.63) is 47.1 Å². The molecule has 0 unspecified atom stereocenters. The highest BCUT2D eigenvalue weighted by molar-refractivity contribution is 5.73. The first-order valence-electron chi connectivity index (χ1n) is 7.77. The minimum Gasteiger partial charge on any atom is -0.507 e. The minimum atomic E-state index is -0.412. The lowest BCUT2D eigenvalue weighted by molar-refractivity contribution is -0.139. The SMILES string of the molecule is C=C(C)[C@@H]1CCC(C)=C[C@H]1c1c(O)cc(CC(=O)OC)cc1O. The maximum absolute atomic E-state index is 11.4. The van der Waals surface area contributed by atoms with Crippen LogP contribution in [0.5, 0.6) is 11.5 Å². The molecule has 1 aliphatic carbocycles. The van der Waals surface area contributed by atoms with Crippen LogP contribution in [0.15, 0.2) is 35.9 Å². The summed E-state index contributed by atoms with van der Waals surface area (Å²) >= 11 is 0. The average molecular weight is 316 g/mol. The van der Waals surface area contributed by atoms with Gasteiger partial charge < -0.3 is 14.9 Å². The Labute approximate surface area is 137 Å². The molecular weight excluding hydrogens is 292 g/mol. The van der Waals surface area contributed by atoms with Crippen LogP contribution in [0.3, 0.4) is 0 Å². The zero-order valence-electron chi connectivity index (χ0n) is 13.9. The van der Waals surface area contributed by atoms with E-state index in [4.69, 9.17) is 0 Å². The molecular formula is C19H24O4. The lowest BCUT2D eigenvalue weighted by Crippen LogP contribution is -2.17. The molecule has 4 heteroatoms. The summed E-state index contributed by atoms with van der Waals surface area (Å²) in [6.45, 7) is 8.09. The number of esters is 1. The predicted octanol–water partition coefficient (Wildman–Crippen LogP) is 3.83. The molecule has 0 saturated heterocycles. The van der Waals surface area contributed by atoms with Gasteiger partial charge >= 0.3 is 5.97 Å². The van der Waals surface area contributed by atoms with Crippen LogP contribution in [0.4, 0.5) is 0 Å². The number of allylic oxidation sites excluding steroid dienone is 3. The summed E-state index contributed by atoms with van der Waals surface area (Å²) in [5.41, 5.74) is 3.31. The van der Waals surface area contributed by atoms with Crippen molar-refractivity contribution in [3.63, 3.8) is 0 Å². The van der Waals surface area contributed by atoms with Crippen molar-refractivity contribution in [3.8, 4) is 11.5 Å². The zero-order valence-corrected chi connectivity index (χ0v) is 13.9. The van der Waals surface area contributed by atoms with Crippen LogP contribution in [0, 0.1) is 5.92 Å². The van der Waals surface area contributed by atoms with Crippen LogP contribution in [0.1, 0.15) is 43.7 Å². The first kappa shape index (κ1) is 17.1. The van der Waals surface area contributed by atoms with Gasteiger partial charge in [-0.05, 0) is 50.3 Å². The third-order valence-electron chi connectivity index (χ3n) is 4.49. The van der Waals surface area contributed by atoms with Crippen molar-refractivity contribution in [2.24, 2.45) is 5.92 Å². The Morgan fingerprint density at radius 1 is 1.35 bits per heavy atom. The van der Waals surface area contributed by atoms with Crippen molar-refractivity contribution in [1.82, 2.24) is 0 Å². The molecule has 0 saturated carbocycles. The molecule has 0 heterocycles. The lowest BCUT2D eigenvalue weighted by atomic mass is 9.73. The van der Waals surface area contributed by atoms with Crippen molar-refractivity contribution >= 4 is 5.97 Å². The quantitative estimate of drug-likeness (QED) is 0.654. The second kappa shape index (κ2) is 6.90. The standard InChI is InChI=1S/C19H24O4/c1-11(2)14-6-5-12(3)7-15(14)19-16(20)8-13(9-17(19)21)10-18(22)23-4/h7-9,14-15,20-21H,1,5-6,10H2,2-4H3/t14-,15+/m0/s1. The van der Waals surface area contributed by atoms with E-state index in [9.17, 15) is 15.0 Å². The maximum atomic E-state index is 11.4. The summed E-state index contributed by atoms with van der Waals surface area (Å²) in [6, 6.07) is 3.05. The summed E-state index contributed by atoms with van der Waals surface area (Å²) in [5, 5.41) is 20.8. The van der Waals surface area contributed by atoms with Gasteiger partial charge in [-0.3, -0.25) is 4.79 Å². The van der Waals surface area contributed by atoms with Gasteiger partial charge in [-0.25, -0.2) is 0 Å². The first-order chi connectivity index (χ1) is 10.8. The molecule has 2 rings (SSSR count). The number of carbonyl (C=O) groups is 1. The van der Waals surface area contributed by atoms with Crippen molar-refractivity contribution < 1.29 is 19.7 Å². The summed E-state index contributed by atoms with van der Waals surface area (Å²) in [6.07, 6.45) is 4.06. The summed E-state index contributed by atoms with van der Waals surface area (Å²) in [4.78, 5) is 11.4. The van der Waals surface area contributed by atoms with Crippen LogP contribution < -0.4 is 0 Å². The van der Waals surface area contributed by atoms with Gasteiger partial charge in [0.25, 0.3) is 0 Å². The molecule has 4 nitrogen and oxygen atoms in total. The van der Waals surface area contributed by atoms with Crippen LogP contribution in [-0.4, -0.2) is 23.3 Å². The maximum Gasteiger partial charge on any atom is 0.309 e. The van der Waals surface area contributed by atoms with Crippen LogP contribution >= 0.6 is 0 Å². The van der Waals surface area contributed by atoms with Gasteiger partial charge in [0.1, 0.15) is 11.5 Å². The number of phenols is 2. The number of benzene rings is 1. The molecule has 23 heavy (non-hydrogen) atoms. The lowest BCUT2D eigenvalue weighted by Gasteiger charge is -2.31. The summed E-state index contributed by atoms with van der Waals surface area (Å²) in [7, 11) is 1.31. The molecule has 2 atom stereocenters. The topological polar surface area (TPSA) is 66.8 Å². The molecule has 124 valence electrons. The fourth-order valence-corrected chi connectivity index (χ4v) is 3.27. The van der Waals surface area contributed by atoms with Gasteiger partial charge in [-0.1, -0.05) is 23.8 Å². The number of hydrogen-bond donors (Lipinski definition) is 2. The van der Waals surface area contributed by atoms with E-state index in [1.165, 1.54) is 24.8 Å². The molecule has 1 aromatic carbocycles. The Balaban J connectivity index is 2.43. The highest BCUT2D eigenvalue weighted by Crippen LogP contribution is 2.46. The Bertz CT molecular complexity index is 634. The summed E-state index contributed by atoms with van der Waals surface area (Å²) in [5.74, 6) is -0.322. The fraction of sp³-hybridized carbons (Fsp3) is 0.421. The number of rotatable bonds is 4. The fourth-order valence-electron chi connectivity index (χ4n) is 3.27. The second-order valence-electron chi connectivity index (χ2n) is 6.33. The molecule has 0 spiro atoms. The second-order valence-corrected chi connectivity index (χ2v) is 6.33. The van der Waals surface area contributed by atoms with E-state index in [1.807, 2.05) is 6.92 Å². The van der Waals surface area contributed by atoms with Crippen molar-refractivity contribution in [2.75, 3.05) is 7.11 Å². The molecule has 0 radical (unpaired) electrons. The van der Waals surface area contributed by atoms with Gasteiger partial charge in [-0.15, -0.1) is 0 Å². The van der Waals surface area contributed by atoms with E-state index in [2.05, 4.69) is 24.3 Å². The van der Waals surface area contributed by atoms with Gasteiger partial charge in [0, 0.05) is 11.5 Å². The van der Waals surface area contributed by atoms with Crippen LogP contribution in [0.25, 0.3) is 0 Å². The number of aromatic hydroxyl groups is 2. The third-order valence-corrected chi connectivity index (χ3v) is 4.49. The third kappa shape index (κ3) is 3.76. The number of methoxy groups -OCH3 is 1. The van der Waals surface area contributed by atoms with E-state index >= 15 is 0 Å². The van der Waals surface area contributed by atoms with E-state index < -0.39 is 5.97 Å². The minimum absolute atomic E-state index is 0.00565. The first-order valence-corrected chi connectivity index (χ1v) is 7.77. The molecule has 1 aromatic rings. The van der Waals surface area contributed by atoms with Crippen molar-refractivity contribution in [1.29, 1.82) is 0 Å². The average Bonchev–Trinajstić information content (AvgIpc) is 2.46. The highest BCUT2D eigenvalue weighted by Gasteiger charge is 2.30.